The zero-order chi connectivity index (χ0) is 22.8. The van der Waals surface area contributed by atoms with E-state index in [4.69, 9.17) is 16.9 Å². The van der Waals surface area contributed by atoms with Crippen molar-refractivity contribution in [1.82, 2.24) is 25.0 Å². The van der Waals surface area contributed by atoms with Crippen molar-refractivity contribution in [3.8, 4) is 17.2 Å². The highest BCUT2D eigenvalue weighted by atomic mass is 35.5. The van der Waals surface area contributed by atoms with Gasteiger partial charge in [-0.1, -0.05) is 29.8 Å². The molecule has 8 nitrogen and oxygen atoms in total. The Bertz CT molecular complexity index is 1530. The summed E-state index contributed by atoms with van der Waals surface area (Å²) in [6.07, 6.45) is 6.61. The third kappa shape index (κ3) is 4.31. The predicted molar refractivity (Wildman–Crippen MR) is 125 cm³/mol. The summed E-state index contributed by atoms with van der Waals surface area (Å²) in [7, 11) is 0. The van der Waals surface area contributed by atoms with Crippen molar-refractivity contribution in [1.29, 1.82) is 5.26 Å². The number of halogens is 1. The molecule has 0 atom stereocenters. The Kier molecular flexibility index (Phi) is 5.30. The van der Waals surface area contributed by atoms with Crippen molar-refractivity contribution in [3.63, 3.8) is 0 Å². The Balaban J connectivity index is 1.33. The average molecular weight is 454 g/mol. The molecule has 0 aliphatic carbocycles. The van der Waals surface area contributed by atoms with Gasteiger partial charge in [0.2, 0.25) is 0 Å². The van der Waals surface area contributed by atoms with Crippen LogP contribution in [0.4, 0.5) is 5.69 Å². The molecular weight excluding hydrogens is 438 g/mol. The lowest BCUT2D eigenvalue weighted by Crippen LogP contribution is -2.12. The first kappa shape index (κ1) is 20.4. The van der Waals surface area contributed by atoms with Crippen LogP contribution in [0.1, 0.15) is 21.6 Å². The number of amides is 1. The Hall–Kier alpha value is -4.48. The Morgan fingerprint density at radius 3 is 2.88 bits per heavy atom. The quantitative estimate of drug-likeness (QED) is 0.402. The van der Waals surface area contributed by atoms with Crippen molar-refractivity contribution in [2.75, 3.05) is 5.32 Å². The molecule has 2 aromatic carbocycles. The standard InChI is InChI=1S/C24H16ClN7O/c25-19-7-18(10-27-11-19)17-4-5-21-22(8-17)30-31-23(21)24(33)29-20-12-28-32(14-20)13-16-3-1-2-15(6-16)9-26/h1-8,10-12,14H,13H2,(H,29,33)(H,30,31). The number of aromatic nitrogens is 5. The summed E-state index contributed by atoms with van der Waals surface area (Å²) >= 11 is 6.04. The van der Waals surface area contributed by atoms with Crippen LogP contribution in [0.3, 0.4) is 0 Å². The summed E-state index contributed by atoms with van der Waals surface area (Å²) in [4.78, 5) is 17.0. The van der Waals surface area contributed by atoms with Gasteiger partial charge in [-0.3, -0.25) is 19.6 Å². The molecule has 160 valence electrons. The lowest BCUT2D eigenvalue weighted by molar-refractivity contribution is 0.102. The second-order valence-corrected chi connectivity index (χ2v) is 7.85. The SMILES string of the molecule is N#Cc1cccc(Cn2cc(NC(=O)c3n[nH]c4cc(-c5cncc(Cl)c5)ccc34)cn2)c1. The number of nitrogens with one attached hydrogen (secondary N) is 2. The largest absolute Gasteiger partial charge is 0.318 e. The van der Waals surface area contributed by atoms with Crippen LogP contribution in [0.2, 0.25) is 5.02 Å². The topological polar surface area (TPSA) is 112 Å². The maximum absolute atomic E-state index is 12.8. The Labute approximate surface area is 193 Å². The van der Waals surface area contributed by atoms with E-state index in [1.54, 1.807) is 35.5 Å². The van der Waals surface area contributed by atoms with Crippen molar-refractivity contribution in [2.45, 2.75) is 6.54 Å². The second-order valence-electron chi connectivity index (χ2n) is 7.42. The number of hydrogen-bond acceptors (Lipinski definition) is 5. The number of aromatic amines is 1. The van der Waals surface area contributed by atoms with E-state index in [0.29, 0.717) is 28.2 Å². The number of nitrogens with zero attached hydrogens (tertiary/aromatic N) is 5. The van der Waals surface area contributed by atoms with E-state index in [2.05, 4.69) is 31.7 Å². The molecule has 0 bridgehead atoms. The Morgan fingerprint density at radius 1 is 1.12 bits per heavy atom. The van der Waals surface area contributed by atoms with Gasteiger partial charge in [0.25, 0.3) is 5.91 Å². The number of benzene rings is 2. The van der Waals surface area contributed by atoms with Crippen LogP contribution in [0.15, 0.2) is 73.3 Å². The Morgan fingerprint density at radius 2 is 2.03 bits per heavy atom. The lowest BCUT2D eigenvalue weighted by atomic mass is 10.1. The number of carbonyl (C=O) groups excluding carboxylic acids is 1. The first-order chi connectivity index (χ1) is 16.1. The van der Waals surface area contributed by atoms with Crippen LogP contribution >= 0.6 is 11.6 Å². The molecule has 5 aromatic rings. The maximum Gasteiger partial charge on any atom is 0.276 e. The monoisotopic (exact) mass is 453 g/mol. The van der Waals surface area contributed by atoms with Crippen LogP contribution in [-0.4, -0.2) is 30.9 Å². The first-order valence-electron chi connectivity index (χ1n) is 10.0. The van der Waals surface area contributed by atoms with Gasteiger partial charge in [-0.05, 0) is 41.5 Å². The average Bonchev–Trinajstić information content (AvgIpc) is 3.45. The summed E-state index contributed by atoms with van der Waals surface area (Å²) in [5, 5.41) is 24.5. The van der Waals surface area contributed by atoms with Gasteiger partial charge in [0.1, 0.15) is 0 Å². The number of rotatable bonds is 5. The number of carbonyl (C=O) groups is 1. The minimum Gasteiger partial charge on any atom is -0.318 e. The fraction of sp³-hybridized carbons (Fsp3) is 0.0417. The molecular formula is C24H16ClN7O. The number of fused-ring (bicyclic) bond motifs is 1. The summed E-state index contributed by atoms with van der Waals surface area (Å²) in [6.45, 7) is 0.484. The highest BCUT2D eigenvalue weighted by Gasteiger charge is 2.16. The van der Waals surface area contributed by atoms with Gasteiger partial charge < -0.3 is 5.32 Å². The van der Waals surface area contributed by atoms with Crippen molar-refractivity contribution in [2.24, 2.45) is 0 Å². The molecule has 3 heterocycles. The van der Waals surface area contributed by atoms with Gasteiger partial charge in [-0.15, -0.1) is 0 Å². The van der Waals surface area contributed by atoms with Crippen LogP contribution in [-0.2, 0) is 6.54 Å². The molecule has 9 heteroatoms. The van der Waals surface area contributed by atoms with E-state index in [1.165, 1.54) is 0 Å². The molecule has 0 aliphatic rings. The third-order valence-electron chi connectivity index (χ3n) is 5.11. The van der Waals surface area contributed by atoms with Gasteiger partial charge in [0.15, 0.2) is 5.69 Å². The van der Waals surface area contributed by atoms with Gasteiger partial charge in [-0.2, -0.15) is 15.5 Å². The van der Waals surface area contributed by atoms with Gasteiger partial charge in [-0.25, -0.2) is 0 Å². The van der Waals surface area contributed by atoms with E-state index < -0.39 is 0 Å². The molecule has 0 saturated carbocycles. The van der Waals surface area contributed by atoms with E-state index >= 15 is 0 Å². The van der Waals surface area contributed by atoms with Crippen LogP contribution in [0.25, 0.3) is 22.0 Å². The molecule has 33 heavy (non-hydrogen) atoms. The fourth-order valence-corrected chi connectivity index (χ4v) is 3.75. The molecule has 0 unspecified atom stereocenters. The van der Waals surface area contributed by atoms with Gasteiger partial charge in [0, 0.05) is 29.5 Å². The highest BCUT2D eigenvalue weighted by molar-refractivity contribution is 6.30. The fourth-order valence-electron chi connectivity index (χ4n) is 3.57. The zero-order valence-corrected chi connectivity index (χ0v) is 17.9. The molecule has 3 aromatic heterocycles. The van der Waals surface area contributed by atoms with E-state index in [0.717, 1.165) is 22.2 Å². The van der Waals surface area contributed by atoms with Crippen molar-refractivity contribution in [3.05, 3.63) is 95.2 Å². The normalized spacial score (nSPS) is 10.8. The number of pyridine rings is 1. The molecule has 0 radical (unpaired) electrons. The zero-order valence-electron chi connectivity index (χ0n) is 17.2. The summed E-state index contributed by atoms with van der Waals surface area (Å²) in [5.41, 5.74) is 4.88. The van der Waals surface area contributed by atoms with E-state index in [-0.39, 0.29) is 11.6 Å². The third-order valence-corrected chi connectivity index (χ3v) is 5.31. The summed E-state index contributed by atoms with van der Waals surface area (Å²) in [6, 6.07) is 16.9. The van der Waals surface area contributed by atoms with Crippen molar-refractivity contribution >= 4 is 34.1 Å². The second kappa shape index (κ2) is 8.57. The molecule has 2 N–H and O–H groups in total. The molecule has 0 fully saturated rings. The molecule has 0 spiro atoms. The van der Waals surface area contributed by atoms with E-state index in [1.807, 2.05) is 42.5 Å². The van der Waals surface area contributed by atoms with E-state index in [9.17, 15) is 4.79 Å². The predicted octanol–water partition coefficient (Wildman–Crippen LogP) is 4.65. The van der Waals surface area contributed by atoms with Crippen LogP contribution in [0.5, 0.6) is 0 Å². The minimum absolute atomic E-state index is 0.287. The summed E-state index contributed by atoms with van der Waals surface area (Å²) < 4.78 is 1.69. The highest BCUT2D eigenvalue weighted by Crippen LogP contribution is 2.26. The molecule has 0 aliphatic heterocycles. The molecule has 0 saturated heterocycles. The smallest absolute Gasteiger partial charge is 0.276 e. The number of hydrogen-bond donors (Lipinski definition) is 2. The van der Waals surface area contributed by atoms with Gasteiger partial charge in [0.05, 0.1) is 40.6 Å². The lowest BCUT2D eigenvalue weighted by Gasteiger charge is -2.03. The molecule has 5 rings (SSSR count). The molecule has 1 amide bonds. The first-order valence-corrected chi connectivity index (χ1v) is 10.4. The summed E-state index contributed by atoms with van der Waals surface area (Å²) in [5.74, 6) is -0.343. The number of H-pyrrole nitrogens is 1. The number of anilines is 1. The van der Waals surface area contributed by atoms with Crippen LogP contribution < -0.4 is 5.32 Å². The number of nitriles is 1. The minimum atomic E-state index is -0.343. The maximum atomic E-state index is 12.8. The van der Waals surface area contributed by atoms with Crippen LogP contribution in [0, 0.1) is 11.3 Å². The van der Waals surface area contributed by atoms with Gasteiger partial charge >= 0.3 is 0 Å². The van der Waals surface area contributed by atoms with Crippen molar-refractivity contribution < 1.29 is 4.79 Å².